The molecule has 0 radical (unpaired) electrons. The van der Waals surface area contributed by atoms with Crippen LogP contribution in [-0.4, -0.2) is 17.7 Å². The number of likely N-dealkylation sites (N-methyl/N-ethyl adjacent to an activating group) is 1. The van der Waals surface area contributed by atoms with Gasteiger partial charge >= 0.3 is 0 Å². The Labute approximate surface area is 89.0 Å². The predicted octanol–water partition coefficient (Wildman–Crippen LogP) is 2.36. The second-order valence-corrected chi connectivity index (χ2v) is 3.49. The SMILES string of the molecule is C=C(C(C)=O)N(C)Cc1ccc(F)cc1. The van der Waals surface area contributed by atoms with Gasteiger partial charge in [0.25, 0.3) is 0 Å². The fourth-order valence-corrected chi connectivity index (χ4v) is 1.23. The molecule has 0 bridgehead atoms. The van der Waals surface area contributed by atoms with Gasteiger partial charge in [-0.25, -0.2) is 4.39 Å². The molecule has 0 aliphatic heterocycles. The first-order chi connectivity index (χ1) is 7.00. The van der Waals surface area contributed by atoms with Crippen LogP contribution in [0.2, 0.25) is 0 Å². The van der Waals surface area contributed by atoms with Crippen LogP contribution < -0.4 is 0 Å². The van der Waals surface area contributed by atoms with Crippen molar-refractivity contribution in [1.29, 1.82) is 0 Å². The first kappa shape index (κ1) is 11.4. The van der Waals surface area contributed by atoms with Crippen molar-refractivity contribution in [3.05, 3.63) is 47.9 Å². The van der Waals surface area contributed by atoms with E-state index in [0.717, 1.165) is 5.56 Å². The summed E-state index contributed by atoms with van der Waals surface area (Å²) in [6.07, 6.45) is 0. The van der Waals surface area contributed by atoms with Crippen LogP contribution >= 0.6 is 0 Å². The standard InChI is InChI=1S/C12H14FNO/c1-9(10(2)15)14(3)8-11-4-6-12(13)7-5-11/h4-7H,1,8H2,2-3H3. The van der Waals surface area contributed by atoms with Gasteiger partial charge in [0.05, 0.1) is 5.70 Å². The molecule has 1 aromatic carbocycles. The molecule has 80 valence electrons. The normalized spacial score (nSPS) is 9.80. The van der Waals surface area contributed by atoms with Crippen molar-refractivity contribution >= 4 is 5.78 Å². The molecule has 1 aromatic rings. The van der Waals surface area contributed by atoms with Gasteiger partial charge in [-0.1, -0.05) is 18.7 Å². The minimum atomic E-state index is -0.258. The minimum absolute atomic E-state index is 0.0559. The monoisotopic (exact) mass is 207 g/mol. The highest BCUT2D eigenvalue weighted by atomic mass is 19.1. The van der Waals surface area contributed by atoms with E-state index in [1.165, 1.54) is 19.1 Å². The number of halogens is 1. The van der Waals surface area contributed by atoms with Gasteiger partial charge in [-0.2, -0.15) is 0 Å². The Morgan fingerprint density at radius 3 is 2.40 bits per heavy atom. The summed E-state index contributed by atoms with van der Waals surface area (Å²) in [4.78, 5) is 12.8. The molecular formula is C12H14FNO. The van der Waals surface area contributed by atoms with Crippen LogP contribution in [0.4, 0.5) is 4.39 Å². The van der Waals surface area contributed by atoms with Crippen LogP contribution in [0, 0.1) is 5.82 Å². The maximum atomic E-state index is 12.6. The number of carbonyl (C=O) groups is 1. The lowest BCUT2D eigenvalue weighted by Gasteiger charge is -2.19. The number of rotatable bonds is 4. The highest BCUT2D eigenvalue weighted by Gasteiger charge is 2.07. The summed E-state index contributed by atoms with van der Waals surface area (Å²) in [5.74, 6) is -0.314. The number of nitrogens with zero attached hydrogens (tertiary/aromatic N) is 1. The smallest absolute Gasteiger partial charge is 0.175 e. The van der Waals surface area contributed by atoms with E-state index >= 15 is 0 Å². The number of ketones is 1. The lowest BCUT2D eigenvalue weighted by Crippen LogP contribution is -2.20. The zero-order chi connectivity index (χ0) is 11.4. The number of hydrogen-bond acceptors (Lipinski definition) is 2. The number of benzene rings is 1. The summed E-state index contributed by atoms with van der Waals surface area (Å²) in [5, 5.41) is 0. The summed E-state index contributed by atoms with van der Waals surface area (Å²) in [6, 6.07) is 6.19. The van der Waals surface area contributed by atoms with Gasteiger partial charge in [-0.15, -0.1) is 0 Å². The van der Waals surface area contributed by atoms with E-state index in [9.17, 15) is 9.18 Å². The Morgan fingerprint density at radius 2 is 1.93 bits per heavy atom. The quantitative estimate of drug-likeness (QED) is 0.706. The first-order valence-electron chi connectivity index (χ1n) is 4.66. The Bertz CT molecular complexity index is 370. The van der Waals surface area contributed by atoms with Gasteiger partial charge in [-0.05, 0) is 17.7 Å². The summed E-state index contributed by atoms with van der Waals surface area (Å²) >= 11 is 0. The van der Waals surface area contributed by atoms with Crippen LogP contribution in [0.1, 0.15) is 12.5 Å². The molecule has 0 aliphatic carbocycles. The Morgan fingerprint density at radius 1 is 1.40 bits per heavy atom. The van der Waals surface area contributed by atoms with E-state index < -0.39 is 0 Å². The fraction of sp³-hybridized carbons (Fsp3) is 0.250. The van der Waals surface area contributed by atoms with E-state index in [1.54, 1.807) is 24.1 Å². The second-order valence-electron chi connectivity index (χ2n) is 3.49. The maximum absolute atomic E-state index is 12.6. The van der Waals surface area contributed by atoms with Crippen LogP contribution in [0.3, 0.4) is 0 Å². The van der Waals surface area contributed by atoms with E-state index in [2.05, 4.69) is 6.58 Å². The van der Waals surface area contributed by atoms with Crippen LogP contribution in [0.25, 0.3) is 0 Å². The summed E-state index contributed by atoms with van der Waals surface area (Å²) < 4.78 is 12.6. The van der Waals surface area contributed by atoms with E-state index in [0.29, 0.717) is 12.2 Å². The van der Waals surface area contributed by atoms with Crippen LogP contribution in [0.15, 0.2) is 36.5 Å². The van der Waals surface area contributed by atoms with Crippen molar-refractivity contribution in [3.63, 3.8) is 0 Å². The van der Waals surface area contributed by atoms with Crippen molar-refractivity contribution in [1.82, 2.24) is 4.90 Å². The molecule has 0 amide bonds. The molecule has 0 N–H and O–H groups in total. The average Bonchev–Trinajstić information content (AvgIpc) is 2.20. The minimum Gasteiger partial charge on any atom is -0.368 e. The molecular weight excluding hydrogens is 193 g/mol. The molecule has 0 fully saturated rings. The first-order valence-corrected chi connectivity index (χ1v) is 4.66. The van der Waals surface area contributed by atoms with Gasteiger partial charge < -0.3 is 4.90 Å². The topological polar surface area (TPSA) is 20.3 Å². The van der Waals surface area contributed by atoms with Gasteiger partial charge in [0, 0.05) is 20.5 Å². The lowest BCUT2D eigenvalue weighted by molar-refractivity contribution is -0.114. The maximum Gasteiger partial charge on any atom is 0.175 e. The number of carbonyl (C=O) groups excluding carboxylic acids is 1. The molecule has 0 spiro atoms. The van der Waals surface area contributed by atoms with Crippen molar-refractivity contribution in [2.24, 2.45) is 0 Å². The second kappa shape index (κ2) is 4.73. The van der Waals surface area contributed by atoms with Gasteiger partial charge in [-0.3, -0.25) is 4.79 Å². The molecule has 0 saturated carbocycles. The molecule has 0 unspecified atom stereocenters. The number of hydrogen-bond donors (Lipinski definition) is 0. The molecule has 15 heavy (non-hydrogen) atoms. The van der Waals surface area contributed by atoms with Crippen molar-refractivity contribution in [2.75, 3.05) is 7.05 Å². The van der Waals surface area contributed by atoms with Gasteiger partial charge in [0.15, 0.2) is 5.78 Å². The number of allylic oxidation sites excluding steroid dienone is 1. The molecule has 0 aliphatic rings. The molecule has 1 rings (SSSR count). The molecule has 3 heteroatoms. The third kappa shape index (κ3) is 3.20. The third-order valence-corrected chi connectivity index (χ3v) is 2.20. The molecule has 0 aromatic heterocycles. The summed E-state index contributed by atoms with van der Waals surface area (Å²) in [6.45, 7) is 5.70. The third-order valence-electron chi connectivity index (χ3n) is 2.20. The van der Waals surface area contributed by atoms with Crippen LogP contribution in [-0.2, 0) is 11.3 Å². The summed E-state index contributed by atoms with van der Waals surface area (Å²) in [5.41, 5.74) is 1.40. The Hall–Kier alpha value is -1.64. The highest BCUT2D eigenvalue weighted by Crippen LogP contribution is 2.09. The lowest BCUT2D eigenvalue weighted by atomic mass is 10.2. The molecule has 0 atom stereocenters. The van der Waals surface area contributed by atoms with Gasteiger partial charge in [0.1, 0.15) is 5.82 Å². The van der Waals surface area contributed by atoms with Gasteiger partial charge in [0.2, 0.25) is 0 Å². The molecule has 0 saturated heterocycles. The van der Waals surface area contributed by atoms with Crippen LogP contribution in [0.5, 0.6) is 0 Å². The van der Waals surface area contributed by atoms with E-state index in [-0.39, 0.29) is 11.6 Å². The molecule has 0 heterocycles. The average molecular weight is 207 g/mol. The van der Waals surface area contributed by atoms with Crippen molar-refractivity contribution in [3.8, 4) is 0 Å². The fourth-order valence-electron chi connectivity index (χ4n) is 1.23. The Balaban J connectivity index is 2.66. The summed E-state index contributed by atoms with van der Waals surface area (Å²) in [7, 11) is 1.78. The Kier molecular flexibility index (Phi) is 3.61. The zero-order valence-electron chi connectivity index (χ0n) is 8.96. The number of Topliss-reactive ketones (excluding diaryl/α,β-unsaturated/α-hetero) is 1. The van der Waals surface area contributed by atoms with E-state index in [1.807, 2.05) is 0 Å². The zero-order valence-corrected chi connectivity index (χ0v) is 8.96. The largest absolute Gasteiger partial charge is 0.368 e. The highest BCUT2D eigenvalue weighted by molar-refractivity contribution is 5.91. The van der Waals surface area contributed by atoms with E-state index in [4.69, 9.17) is 0 Å². The van der Waals surface area contributed by atoms with Crippen molar-refractivity contribution < 1.29 is 9.18 Å². The predicted molar refractivity (Wildman–Crippen MR) is 57.7 cm³/mol. The van der Waals surface area contributed by atoms with Crippen molar-refractivity contribution in [2.45, 2.75) is 13.5 Å². The molecule has 2 nitrogen and oxygen atoms in total.